The summed E-state index contributed by atoms with van der Waals surface area (Å²) in [6.45, 7) is 3.83. The smallest absolute Gasteiger partial charge is 0.227 e. The first-order chi connectivity index (χ1) is 13.2. The number of aryl methyl sites for hydroxylation is 1. The predicted molar refractivity (Wildman–Crippen MR) is 110 cm³/mol. The summed E-state index contributed by atoms with van der Waals surface area (Å²) in [6, 6.07) is 15.8. The van der Waals surface area contributed by atoms with E-state index in [1.807, 2.05) is 35.2 Å². The molecule has 1 amide bonds. The number of amides is 1. The summed E-state index contributed by atoms with van der Waals surface area (Å²) < 4.78 is 2.33. The number of benzene rings is 2. The van der Waals surface area contributed by atoms with Gasteiger partial charge in [-0.2, -0.15) is 0 Å². The summed E-state index contributed by atoms with van der Waals surface area (Å²) in [6.07, 6.45) is 4.02. The molecule has 0 spiro atoms. The van der Waals surface area contributed by atoms with Crippen LogP contribution < -0.4 is 4.90 Å². The van der Waals surface area contributed by atoms with Crippen LogP contribution in [-0.2, 0) is 11.3 Å². The number of hydrogen-bond acceptors (Lipinski definition) is 2. The number of para-hydroxylation sites is 2. The van der Waals surface area contributed by atoms with Gasteiger partial charge in [-0.25, -0.2) is 4.98 Å². The molecule has 4 rings (SSSR count). The largest absolute Gasteiger partial charge is 0.328 e. The Balaban J connectivity index is 1.64. The molecular formula is C22H24ClN3O. The number of nitrogens with zero attached hydrogens (tertiary/aromatic N) is 3. The Morgan fingerprint density at radius 3 is 2.67 bits per heavy atom. The molecule has 27 heavy (non-hydrogen) atoms. The number of carbonyl (C=O) groups excluding carboxylic acids is 1. The van der Waals surface area contributed by atoms with Crippen molar-refractivity contribution in [3.05, 3.63) is 59.4 Å². The average Bonchev–Trinajstić information content (AvgIpc) is 3.24. The van der Waals surface area contributed by atoms with Crippen LogP contribution in [0.1, 0.15) is 44.3 Å². The molecule has 2 aromatic carbocycles. The maximum absolute atomic E-state index is 12.7. The van der Waals surface area contributed by atoms with Crippen molar-refractivity contribution >= 4 is 34.2 Å². The van der Waals surface area contributed by atoms with Gasteiger partial charge in [-0.05, 0) is 42.8 Å². The van der Waals surface area contributed by atoms with Gasteiger partial charge < -0.3 is 9.47 Å². The Morgan fingerprint density at radius 2 is 1.89 bits per heavy atom. The number of unbranched alkanes of at least 4 members (excludes halogenated alkanes) is 2. The fraction of sp³-hybridized carbons (Fsp3) is 0.364. The van der Waals surface area contributed by atoms with E-state index in [1.54, 1.807) is 0 Å². The second kappa shape index (κ2) is 7.73. The SMILES string of the molecule is CCCCCn1c([C@@H]2CC(=O)N(c3ccc(Cl)cc3)C2)nc2ccccc21. The molecule has 0 saturated carbocycles. The summed E-state index contributed by atoms with van der Waals surface area (Å²) in [7, 11) is 0. The highest BCUT2D eigenvalue weighted by Crippen LogP contribution is 2.33. The van der Waals surface area contributed by atoms with Crippen LogP contribution in [0.15, 0.2) is 48.5 Å². The molecule has 0 unspecified atom stereocenters. The van der Waals surface area contributed by atoms with Crippen LogP contribution >= 0.6 is 11.6 Å². The van der Waals surface area contributed by atoms with E-state index in [9.17, 15) is 4.79 Å². The first kappa shape index (κ1) is 18.1. The fourth-order valence-corrected chi connectivity index (χ4v) is 4.04. The lowest BCUT2D eigenvalue weighted by atomic mass is 10.1. The third-order valence-electron chi connectivity index (χ3n) is 5.30. The van der Waals surface area contributed by atoms with Gasteiger partial charge in [0, 0.05) is 36.1 Å². The molecule has 1 atom stereocenters. The molecule has 0 N–H and O–H groups in total. The van der Waals surface area contributed by atoms with Crippen LogP contribution in [0, 0.1) is 0 Å². The molecule has 0 aliphatic carbocycles. The van der Waals surface area contributed by atoms with E-state index in [2.05, 4.69) is 29.7 Å². The van der Waals surface area contributed by atoms with Gasteiger partial charge in [-0.1, -0.05) is 43.5 Å². The van der Waals surface area contributed by atoms with Crippen LogP contribution in [0.25, 0.3) is 11.0 Å². The Hall–Kier alpha value is -2.33. The number of fused-ring (bicyclic) bond motifs is 1. The third kappa shape index (κ3) is 3.59. The van der Waals surface area contributed by atoms with Crippen LogP contribution in [0.5, 0.6) is 0 Å². The average molecular weight is 382 g/mol. The van der Waals surface area contributed by atoms with E-state index < -0.39 is 0 Å². The normalized spacial score (nSPS) is 17.2. The Morgan fingerprint density at radius 1 is 1.11 bits per heavy atom. The Bertz CT molecular complexity index is 948. The van der Waals surface area contributed by atoms with Gasteiger partial charge in [0.1, 0.15) is 5.82 Å². The molecule has 1 saturated heterocycles. The minimum absolute atomic E-state index is 0.113. The number of rotatable bonds is 6. The molecule has 1 aliphatic rings. The zero-order valence-corrected chi connectivity index (χ0v) is 16.3. The molecule has 4 nitrogen and oxygen atoms in total. The van der Waals surface area contributed by atoms with E-state index >= 15 is 0 Å². The van der Waals surface area contributed by atoms with Gasteiger partial charge in [0.25, 0.3) is 0 Å². The molecule has 3 aromatic rings. The van der Waals surface area contributed by atoms with Crippen LogP contribution in [-0.4, -0.2) is 22.0 Å². The van der Waals surface area contributed by atoms with Crippen molar-refractivity contribution in [2.24, 2.45) is 0 Å². The van der Waals surface area contributed by atoms with Crippen molar-refractivity contribution in [2.75, 3.05) is 11.4 Å². The topological polar surface area (TPSA) is 38.1 Å². The third-order valence-corrected chi connectivity index (χ3v) is 5.55. The number of imidazole rings is 1. The molecule has 1 aromatic heterocycles. The number of hydrogen-bond donors (Lipinski definition) is 0. The summed E-state index contributed by atoms with van der Waals surface area (Å²) in [5, 5.41) is 0.680. The highest BCUT2D eigenvalue weighted by atomic mass is 35.5. The minimum Gasteiger partial charge on any atom is -0.328 e. The predicted octanol–water partition coefficient (Wildman–Crippen LogP) is 5.40. The van der Waals surface area contributed by atoms with Gasteiger partial charge in [-0.15, -0.1) is 0 Å². The van der Waals surface area contributed by atoms with E-state index in [0.717, 1.165) is 30.0 Å². The van der Waals surface area contributed by atoms with E-state index in [0.29, 0.717) is 18.0 Å². The molecule has 5 heteroatoms. The number of anilines is 1. The first-order valence-corrected chi connectivity index (χ1v) is 10.1. The van der Waals surface area contributed by atoms with Gasteiger partial charge in [0.05, 0.1) is 11.0 Å². The van der Waals surface area contributed by atoms with Gasteiger partial charge in [0.15, 0.2) is 0 Å². The molecule has 0 bridgehead atoms. The van der Waals surface area contributed by atoms with Crippen LogP contribution in [0.4, 0.5) is 5.69 Å². The lowest BCUT2D eigenvalue weighted by Crippen LogP contribution is -2.24. The van der Waals surface area contributed by atoms with E-state index in [-0.39, 0.29) is 11.8 Å². The maximum Gasteiger partial charge on any atom is 0.227 e. The lowest BCUT2D eigenvalue weighted by Gasteiger charge is -2.17. The molecule has 0 radical (unpaired) electrons. The van der Waals surface area contributed by atoms with Gasteiger partial charge in [0.2, 0.25) is 5.91 Å². The van der Waals surface area contributed by atoms with Crippen molar-refractivity contribution in [1.82, 2.24) is 9.55 Å². The van der Waals surface area contributed by atoms with E-state index in [1.165, 1.54) is 18.4 Å². The van der Waals surface area contributed by atoms with Crippen molar-refractivity contribution in [2.45, 2.75) is 45.1 Å². The number of halogens is 1. The van der Waals surface area contributed by atoms with Crippen LogP contribution in [0.3, 0.4) is 0 Å². The molecule has 2 heterocycles. The van der Waals surface area contributed by atoms with Gasteiger partial charge in [-0.3, -0.25) is 4.79 Å². The summed E-state index contributed by atoms with van der Waals surface area (Å²) >= 11 is 5.99. The first-order valence-electron chi connectivity index (χ1n) is 9.68. The Kier molecular flexibility index (Phi) is 5.17. The maximum atomic E-state index is 12.7. The zero-order valence-electron chi connectivity index (χ0n) is 15.6. The minimum atomic E-state index is 0.113. The second-order valence-electron chi connectivity index (χ2n) is 7.20. The summed E-state index contributed by atoms with van der Waals surface area (Å²) in [5.74, 6) is 1.30. The highest BCUT2D eigenvalue weighted by Gasteiger charge is 2.34. The van der Waals surface area contributed by atoms with Gasteiger partial charge >= 0.3 is 0 Å². The van der Waals surface area contributed by atoms with E-state index in [4.69, 9.17) is 16.6 Å². The molecule has 1 aliphatic heterocycles. The Labute approximate surface area is 164 Å². The zero-order chi connectivity index (χ0) is 18.8. The number of carbonyl (C=O) groups is 1. The molecule has 1 fully saturated rings. The van der Waals surface area contributed by atoms with Crippen molar-refractivity contribution in [1.29, 1.82) is 0 Å². The van der Waals surface area contributed by atoms with Crippen molar-refractivity contribution in [3.8, 4) is 0 Å². The fourth-order valence-electron chi connectivity index (χ4n) is 3.91. The molecular weight excluding hydrogens is 358 g/mol. The highest BCUT2D eigenvalue weighted by molar-refractivity contribution is 6.30. The number of aromatic nitrogens is 2. The van der Waals surface area contributed by atoms with Crippen molar-refractivity contribution in [3.63, 3.8) is 0 Å². The second-order valence-corrected chi connectivity index (χ2v) is 7.64. The summed E-state index contributed by atoms with van der Waals surface area (Å²) in [4.78, 5) is 19.5. The summed E-state index contributed by atoms with van der Waals surface area (Å²) in [5.41, 5.74) is 3.09. The molecule has 140 valence electrons. The lowest BCUT2D eigenvalue weighted by molar-refractivity contribution is -0.117. The quantitative estimate of drug-likeness (QED) is 0.536. The van der Waals surface area contributed by atoms with Crippen LogP contribution in [0.2, 0.25) is 5.02 Å². The monoisotopic (exact) mass is 381 g/mol. The standard InChI is InChI=1S/C22H24ClN3O/c1-2-3-6-13-25-20-8-5-4-7-19(20)24-22(25)16-14-21(27)26(15-16)18-11-9-17(23)10-12-18/h4-5,7-12,16H,2-3,6,13-15H2,1H3/t16-/m1/s1. The van der Waals surface area contributed by atoms with Crippen molar-refractivity contribution < 1.29 is 4.79 Å².